The fourth-order valence-electron chi connectivity index (χ4n) is 2.75. The van der Waals surface area contributed by atoms with Gasteiger partial charge in [-0.2, -0.15) is 0 Å². The first-order valence-corrected chi connectivity index (χ1v) is 7.87. The molecule has 0 bridgehead atoms. The van der Waals surface area contributed by atoms with Crippen LogP contribution in [0.1, 0.15) is 30.5 Å². The number of carbonyl (C=O) groups excluding carboxylic acids is 2. The van der Waals surface area contributed by atoms with Crippen LogP contribution in [-0.4, -0.2) is 29.8 Å². The van der Waals surface area contributed by atoms with Crippen LogP contribution in [-0.2, 0) is 16.0 Å². The number of nitrogens with one attached hydrogen (secondary N) is 1. The van der Waals surface area contributed by atoms with E-state index in [0.29, 0.717) is 23.1 Å². The molecular formula is C16H18Cl2N2O2. The van der Waals surface area contributed by atoms with Gasteiger partial charge < -0.3 is 10.2 Å². The summed E-state index contributed by atoms with van der Waals surface area (Å²) in [4.78, 5) is 25.2. The summed E-state index contributed by atoms with van der Waals surface area (Å²) >= 11 is 12.3. The largest absolute Gasteiger partial charge is 0.352 e. The van der Waals surface area contributed by atoms with Gasteiger partial charge in [0.2, 0.25) is 11.8 Å². The maximum atomic E-state index is 12.3. The van der Waals surface area contributed by atoms with E-state index in [1.54, 1.807) is 11.0 Å². The fraction of sp³-hybridized carbons (Fsp3) is 0.375. The Labute approximate surface area is 140 Å². The molecular weight excluding hydrogens is 323 g/mol. The van der Waals surface area contributed by atoms with Gasteiger partial charge in [-0.1, -0.05) is 29.8 Å². The molecule has 0 aliphatic carbocycles. The van der Waals surface area contributed by atoms with E-state index in [2.05, 4.69) is 11.9 Å². The van der Waals surface area contributed by atoms with Crippen molar-refractivity contribution >= 4 is 35.0 Å². The first-order chi connectivity index (χ1) is 10.4. The second-order valence-corrected chi connectivity index (χ2v) is 6.06. The summed E-state index contributed by atoms with van der Waals surface area (Å²) in [5, 5.41) is 3.81. The van der Waals surface area contributed by atoms with Crippen molar-refractivity contribution in [3.63, 3.8) is 0 Å². The molecule has 2 rings (SSSR count). The average Bonchev–Trinajstić information content (AvgIpc) is 2.46. The third kappa shape index (κ3) is 3.62. The average molecular weight is 341 g/mol. The zero-order valence-electron chi connectivity index (χ0n) is 12.4. The molecule has 6 heteroatoms. The molecule has 0 radical (unpaired) electrons. The molecule has 0 fully saturated rings. The zero-order valence-corrected chi connectivity index (χ0v) is 13.9. The lowest BCUT2D eigenvalue weighted by molar-refractivity contribution is -0.133. The van der Waals surface area contributed by atoms with E-state index < -0.39 is 0 Å². The molecule has 1 aliphatic rings. The Kier molecular flexibility index (Phi) is 5.48. The summed E-state index contributed by atoms with van der Waals surface area (Å²) < 4.78 is 0. The highest BCUT2D eigenvalue weighted by Crippen LogP contribution is 2.37. The predicted molar refractivity (Wildman–Crippen MR) is 88.1 cm³/mol. The van der Waals surface area contributed by atoms with E-state index >= 15 is 0 Å². The molecule has 22 heavy (non-hydrogen) atoms. The van der Waals surface area contributed by atoms with Crippen LogP contribution in [0.4, 0.5) is 0 Å². The van der Waals surface area contributed by atoms with E-state index in [1.165, 1.54) is 6.08 Å². The number of halogens is 2. The first-order valence-electron chi connectivity index (χ1n) is 7.11. The van der Waals surface area contributed by atoms with Crippen molar-refractivity contribution in [2.45, 2.75) is 25.8 Å². The van der Waals surface area contributed by atoms with Crippen molar-refractivity contribution in [3.8, 4) is 0 Å². The summed E-state index contributed by atoms with van der Waals surface area (Å²) in [6.45, 7) is 6.25. The molecule has 1 atom stereocenters. The van der Waals surface area contributed by atoms with Gasteiger partial charge in [0.05, 0.1) is 6.04 Å². The lowest BCUT2D eigenvalue weighted by Gasteiger charge is -2.36. The van der Waals surface area contributed by atoms with Crippen LogP contribution >= 0.6 is 23.2 Å². The fourth-order valence-corrected chi connectivity index (χ4v) is 3.45. The quantitative estimate of drug-likeness (QED) is 0.856. The Hall–Kier alpha value is -1.52. The second kappa shape index (κ2) is 7.16. The number of benzene rings is 1. The number of fused-ring (bicyclic) bond motifs is 1. The van der Waals surface area contributed by atoms with Crippen molar-refractivity contribution in [3.05, 3.63) is 46.0 Å². The molecule has 0 spiro atoms. The van der Waals surface area contributed by atoms with Crippen molar-refractivity contribution in [2.24, 2.45) is 0 Å². The Balaban J connectivity index is 2.06. The summed E-state index contributed by atoms with van der Waals surface area (Å²) in [6.07, 6.45) is 2.17. The van der Waals surface area contributed by atoms with E-state index in [9.17, 15) is 9.59 Å². The summed E-state index contributed by atoms with van der Waals surface area (Å²) in [6, 6.07) is 3.51. The molecule has 1 N–H and O–H groups in total. The number of hydrogen-bond donors (Lipinski definition) is 1. The maximum absolute atomic E-state index is 12.3. The van der Waals surface area contributed by atoms with Crippen molar-refractivity contribution < 1.29 is 9.59 Å². The molecule has 0 saturated heterocycles. The summed E-state index contributed by atoms with van der Waals surface area (Å²) in [5.74, 6) is -0.281. The minimum absolute atomic E-state index is 0.00599. The van der Waals surface area contributed by atoms with Gasteiger partial charge in [0, 0.05) is 29.6 Å². The molecule has 0 aromatic heterocycles. The monoisotopic (exact) mass is 340 g/mol. The molecule has 1 heterocycles. The highest BCUT2D eigenvalue weighted by molar-refractivity contribution is 6.35. The standard InChI is InChI=1S/C16H18Cl2N2O2/c1-3-14(21)19-6-4-15(22)20-7-5-11-8-12(17)9-13(18)16(11)10(20)2/h3,8-10H,1,4-7H2,2H3,(H,19,21). The van der Waals surface area contributed by atoms with Gasteiger partial charge >= 0.3 is 0 Å². The molecule has 4 nitrogen and oxygen atoms in total. The molecule has 2 amide bonds. The smallest absolute Gasteiger partial charge is 0.243 e. The van der Waals surface area contributed by atoms with Gasteiger partial charge in [-0.05, 0) is 42.7 Å². The third-order valence-corrected chi connectivity index (χ3v) is 4.36. The Morgan fingerprint density at radius 3 is 2.86 bits per heavy atom. The number of carbonyl (C=O) groups is 2. The second-order valence-electron chi connectivity index (χ2n) is 5.22. The summed E-state index contributed by atoms with van der Waals surface area (Å²) in [7, 11) is 0. The number of rotatable bonds is 4. The van der Waals surface area contributed by atoms with Crippen molar-refractivity contribution in [1.29, 1.82) is 0 Å². The predicted octanol–water partition coefficient (Wildman–Crippen LogP) is 3.13. The SMILES string of the molecule is C=CC(=O)NCCC(=O)N1CCc2cc(Cl)cc(Cl)c2C1C. The van der Waals surface area contributed by atoms with Gasteiger partial charge in [-0.15, -0.1) is 0 Å². The minimum atomic E-state index is -0.275. The van der Waals surface area contributed by atoms with Crippen LogP contribution in [0.25, 0.3) is 0 Å². The minimum Gasteiger partial charge on any atom is -0.352 e. The topological polar surface area (TPSA) is 49.4 Å². The lowest BCUT2D eigenvalue weighted by Crippen LogP contribution is -2.40. The van der Waals surface area contributed by atoms with E-state index in [4.69, 9.17) is 23.2 Å². The molecule has 1 aromatic rings. The highest BCUT2D eigenvalue weighted by Gasteiger charge is 2.29. The number of hydrogen-bond acceptors (Lipinski definition) is 2. The van der Waals surface area contributed by atoms with E-state index in [-0.39, 0.29) is 24.3 Å². The Morgan fingerprint density at radius 2 is 2.18 bits per heavy atom. The maximum Gasteiger partial charge on any atom is 0.243 e. The zero-order chi connectivity index (χ0) is 16.3. The Bertz CT molecular complexity index is 616. The van der Waals surface area contributed by atoms with Crippen LogP contribution in [0.3, 0.4) is 0 Å². The van der Waals surface area contributed by atoms with Gasteiger partial charge in [-0.25, -0.2) is 0 Å². The molecule has 0 saturated carbocycles. The molecule has 1 unspecified atom stereocenters. The summed E-state index contributed by atoms with van der Waals surface area (Å²) in [5.41, 5.74) is 2.05. The third-order valence-electron chi connectivity index (χ3n) is 3.83. The molecule has 118 valence electrons. The molecule has 1 aromatic carbocycles. The van der Waals surface area contributed by atoms with Crippen LogP contribution in [0.5, 0.6) is 0 Å². The van der Waals surface area contributed by atoms with Gasteiger partial charge in [0.15, 0.2) is 0 Å². The molecule has 1 aliphatic heterocycles. The normalized spacial score (nSPS) is 16.9. The van der Waals surface area contributed by atoms with Crippen LogP contribution < -0.4 is 5.32 Å². The van der Waals surface area contributed by atoms with Gasteiger partial charge in [0.25, 0.3) is 0 Å². The van der Waals surface area contributed by atoms with Crippen LogP contribution in [0.2, 0.25) is 10.0 Å². The lowest BCUT2D eigenvalue weighted by atomic mass is 9.93. The van der Waals surface area contributed by atoms with Crippen molar-refractivity contribution in [1.82, 2.24) is 10.2 Å². The number of amides is 2. The van der Waals surface area contributed by atoms with Crippen LogP contribution in [0.15, 0.2) is 24.8 Å². The van der Waals surface area contributed by atoms with E-state index in [0.717, 1.165) is 17.5 Å². The highest BCUT2D eigenvalue weighted by atomic mass is 35.5. The first kappa shape index (κ1) is 16.8. The van der Waals surface area contributed by atoms with Gasteiger partial charge in [-0.3, -0.25) is 9.59 Å². The Morgan fingerprint density at radius 1 is 1.45 bits per heavy atom. The van der Waals surface area contributed by atoms with Crippen LogP contribution in [0, 0.1) is 0 Å². The van der Waals surface area contributed by atoms with E-state index in [1.807, 2.05) is 13.0 Å². The van der Waals surface area contributed by atoms with Gasteiger partial charge in [0.1, 0.15) is 0 Å². The van der Waals surface area contributed by atoms with Crippen molar-refractivity contribution in [2.75, 3.05) is 13.1 Å². The number of nitrogens with zero attached hydrogens (tertiary/aromatic N) is 1.